The number of hydrogen-bond acceptors (Lipinski definition) is 3. The van der Waals surface area contributed by atoms with Crippen LogP contribution in [0, 0.1) is 0 Å². The van der Waals surface area contributed by atoms with Crippen LogP contribution in [0.25, 0.3) is 44.2 Å². The van der Waals surface area contributed by atoms with Crippen LogP contribution in [0.3, 0.4) is 0 Å². The zero-order chi connectivity index (χ0) is 47.5. The second-order valence-electron chi connectivity index (χ2n) is 23.0. The van der Waals surface area contributed by atoms with E-state index in [-0.39, 0.29) is 27.7 Å². The number of nitrogens with zero attached hydrogens (tertiary/aromatic N) is 2. The van der Waals surface area contributed by atoms with Gasteiger partial charge < -0.3 is 10.2 Å². The van der Waals surface area contributed by atoms with E-state index >= 15 is 0 Å². The van der Waals surface area contributed by atoms with E-state index in [1.807, 2.05) is 0 Å². The SMILES string of the molecule is CC(C)(C)c1cc(C2=CC3=CC=CC=CC4=C2CN3C(NC(c2ccccc2)c2ccccc2)=NCc2c(-c3cc(C(C)(C)C)cc(C(C)(C)C)c3)cc3ccccc3c24)cc(C(C)(C)C)c1. The van der Waals surface area contributed by atoms with Crippen molar-refractivity contribution in [3.8, 4) is 33.4 Å². The highest BCUT2D eigenvalue weighted by molar-refractivity contribution is 6.06. The maximum absolute atomic E-state index is 5.83. The van der Waals surface area contributed by atoms with Crippen molar-refractivity contribution in [3.63, 3.8) is 0 Å². The van der Waals surface area contributed by atoms with Crippen molar-refractivity contribution in [3.05, 3.63) is 208 Å². The Labute approximate surface area is 401 Å². The zero-order valence-corrected chi connectivity index (χ0v) is 42.0. The quantitative estimate of drug-likeness (QED) is 0.187. The lowest BCUT2D eigenvalue weighted by atomic mass is 9.77. The third-order valence-corrected chi connectivity index (χ3v) is 13.9. The molecule has 0 saturated carbocycles. The van der Waals surface area contributed by atoms with Gasteiger partial charge in [0.15, 0.2) is 5.96 Å². The molecule has 3 nitrogen and oxygen atoms in total. The number of hydrogen-bond donors (Lipinski definition) is 1. The van der Waals surface area contributed by atoms with Gasteiger partial charge in [-0.25, -0.2) is 4.99 Å². The van der Waals surface area contributed by atoms with Crippen LogP contribution < -0.4 is 10.2 Å². The molecular weight excluding hydrogens is 811 g/mol. The molecule has 340 valence electrons. The van der Waals surface area contributed by atoms with Gasteiger partial charge in [0.1, 0.15) is 0 Å². The van der Waals surface area contributed by atoms with Gasteiger partial charge in [-0.15, -0.1) is 0 Å². The minimum Gasteiger partial charge on any atom is -0.345 e. The minimum absolute atomic E-state index is 0.0432. The van der Waals surface area contributed by atoms with E-state index in [4.69, 9.17) is 4.99 Å². The molecule has 2 aliphatic rings. The van der Waals surface area contributed by atoms with E-state index in [1.165, 1.54) is 88.7 Å². The molecule has 67 heavy (non-hydrogen) atoms. The van der Waals surface area contributed by atoms with Gasteiger partial charge in [-0.3, -0.25) is 0 Å². The molecule has 7 aromatic rings. The molecule has 1 N–H and O–H groups in total. The summed E-state index contributed by atoms with van der Waals surface area (Å²) in [4.78, 5) is 8.27. The lowest BCUT2D eigenvalue weighted by Gasteiger charge is -2.34. The Bertz CT molecular complexity index is 2970. The third-order valence-electron chi connectivity index (χ3n) is 13.9. The number of fused-ring (bicyclic) bond motifs is 8. The Balaban J connectivity index is 1.43. The molecule has 0 aliphatic carbocycles. The lowest BCUT2D eigenvalue weighted by Crippen LogP contribution is -2.44. The molecule has 0 unspecified atom stereocenters. The van der Waals surface area contributed by atoms with Crippen LogP contribution in [0.5, 0.6) is 0 Å². The fourth-order valence-corrected chi connectivity index (χ4v) is 9.74. The molecule has 0 saturated heterocycles. The number of guanidine groups is 1. The third kappa shape index (κ3) is 9.31. The second kappa shape index (κ2) is 17.3. The van der Waals surface area contributed by atoms with Crippen molar-refractivity contribution < 1.29 is 0 Å². The highest BCUT2D eigenvalue weighted by Crippen LogP contribution is 2.47. The van der Waals surface area contributed by atoms with Crippen molar-refractivity contribution in [2.45, 2.75) is 124 Å². The molecule has 3 heteroatoms. The van der Waals surface area contributed by atoms with Gasteiger partial charge in [0, 0.05) is 5.69 Å². The Hall–Kier alpha value is -6.45. The summed E-state index contributed by atoms with van der Waals surface area (Å²) in [5, 5.41) is 6.58. The van der Waals surface area contributed by atoms with Crippen LogP contribution in [0.2, 0.25) is 0 Å². The van der Waals surface area contributed by atoms with Crippen LogP contribution >= 0.6 is 0 Å². The molecular formula is C64H69N3. The second-order valence-corrected chi connectivity index (χ2v) is 23.0. The average molecular weight is 880 g/mol. The maximum Gasteiger partial charge on any atom is 0.199 e. The fraction of sp³-hybridized carbons (Fsp3) is 0.297. The van der Waals surface area contributed by atoms with Crippen LogP contribution in [0.4, 0.5) is 5.69 Å². The van der Waals surface area contributed by atoms with Crippen molar-refractivity contribution in [1.82, 2.24) is 5.32 Å². The number of nitrogens with one attached hydrogen (secondary N) is 1. The van der Waals surface area contributed by atoms with E-state index < -0.39 is 0 Å². The number of rotatable bonds is 5. The van der Waals surface area contributed by atoms with E-state index in [1.54, 1.807) is 0 Å². The number of benzene rings is 6. The smallest absolute Gasteiger partial charge is 0.199 e. The first-order valence-corrected chi connectivity index (χ1v) is 24.3. The monoisotopic (exact) mass is 880 g/mol. The summed E-state index contributed by atoms with van der Waals surface area (Å²) < 4.78 is 0. The predicted octanol–water partition coefficient (Wildman–Crippen LogP) is 16.7. The van der Waals surface area contributed by atoms with Crippen molar-refractivity contribution in [2.75, 3.05) is 4.90 Å². The minimum atomic E-state index is -0.144. The van der Waals surface area contributed by atoms with Crippen molar-refractivity contribution in [1.29, 1.82) is 0 Å². The summed E-state index contributed by atoms with van der Waals surface area (Å²) in [6.07, 6.45) is 0. The van der Waals surface area contributed by atoms with Gasteiger partial charge in [-0.2, -0.15) is 0 Å². The Morgan fingerprint density at radius 2 is 0.896 bits per heavy atom. The first kappa shape index (κ1) is 45.7. The number of aliphatic imine (C=N–C) groups is 1. The highest BCUT2D eigenvalue weighted by Gasteiger charge is 2.31. The summed E-state index contributed by atoms with van der Waals surface area (Å²) in [6.45, 7) is 29.1. The maximum atomic E-state index is 5.83. The Kier molecular flexibility index (Phi) is 11.8. The molecule has 0 amide bonds. The topological polar surface area (TPSA) is 27.6 Å². The molecule has 0 radical (unpaired) electrons. The van der Waals surface area contributed by atoms with E-state index in [9.17, 15) is 0 Å². The van der Waals surface area contributed by atoms with Gasteiger partial charge in [0.2, 0.25) is 0 Å². The predicted molar refractivity (Wildman–Crippen MR) is 288 cm³/mol. The van der Waals surface area contributed by atoms with Crippen LogP contribution in [-0.2, 0) is 34.7 Å². The normalized spacial score (nSPS) is 13.7. The van der Waals surface area contributed by atoms with Crippen LogP contribution in [0.15, 0.2) is 169 Å². The zero-order valence-electron chi connectivity index (χ0n) is 42.0. The molecule has 3 bridgehead atoms. The molecule has 0 fully saturated rings. The largest absolute Gasteiger partial charge is 0.345 e. The molecule has 9 rings (SSSR count). The van der Waals surface area contributed by atoms with Crippen molar-refractivity contribution in [2.24, 2.45) is 4.99 Å². The fourth-order valence-electron chi connectivity index (χ4n) is 9.74. The standard InChI is InChI=1S/C64H69N3/c1-61(2,3)47-32-45(33-48(37-47)62(4,5)6)54-36-44-28-22-23-30-52(44)58-53-31-21-15-20-29-51-39-55(46-34-49(63(7,8)9)38-50(35-46)64(10,11)12)57(53)41-67(51)60(65-40-56(54)58)66-59(42-24-16-13-17-25-42)43-26-18-14-19-27-43/h13-39,59H,40-41H2,1-12H3,(H,65,66). The Morgan fingerprint density at radius 1 is 0.448 bits per heavy atom. The molecule has 2 aliphatic heterocycles. The summed E-state index contributed by atoms with van der Waals surface area (Å²) in [7, 11) is 0. The lowest BCUT2D eigenvalue weighted by molar-refractivity contribution is 0.568. The molecule has 0 spiro atoms. The van der Waals surface area contributed by atoms with Gasteiger partial charge in [0.05, 0.1) is 19.1 Å². The first-order chi connectivity index (χ1) is 31.7. The van der Waals surface area contributed by atoms with E-state index in [2.05, 4.69) is 257 Å². The summed E-state index contributed by atoms with van der Waals surface area (Å²) in [5.41, 5.74) is 18.6. The summed E-state index contributed by atoms with van der Waals surface area (Å²) in [5.74, 6) is 0.846. The first-order valence-electron chi connectivity index (χ1n) is 24.3. The van der Waals surface area contributed by atoms with Gasteiger partial charge in [0.25, 0.3) is 0 Å². The van der Waals surface area contributed by atoms with Crippen LogP contribution in [0.1, 0.15) is 134 Å². The Morgan fingerprint density at radius 3 is 1.40 bits per heavy atom. The summed E-state index contributed by atoms with van der Waals surface area (Å²) in [6, 6.07) is 61.4. The van der Waals surface area contributed by atoms with Gasteiger partial charge >= 0.3 is 0 Å². The molecule has 0 aromatic heterocycles. The van der Waals surface area contributed by atoms with Gasteiger partial charge in [-0.05, 0) is 129 Å². The number of anilines is 1. The van der Waals surface area contributed by atoms with E-state index in [0.717, 1.165) is 11.6 Å². The van der Waals surface area contributed by atoms with Gasteiger partial charge in [-0.1, -0.05) is 229 Å². The average Bonchev–Trinajstić information content (AvgIpc) is 3.35. The molecule has 2 heterocycles. The van der Waals surface area contributed by atoms with Crippen molar-refractivity contribution >= 4 is 22.4 Å². The molecule has 7 aromatic carbocycles. The highest BCUT2D eigenvalue weighted by atomic mass is 15.3. The van der Waals surface area contributed by atoms with Crippen LogP contribution in [-0.4, -0.2) is 5.96 Å². The summed E-state index contributed by atoms with van der Waals surface area (Å²) >= 11 is 0. The van der Waals surface area contributed by atoms with E-state index in [0.29, 0.717) is 13.1 Å². The molecule has 0 atom stereocenters.